The summed E-state index contributed by atoms with van der Waals surface area (Å²) in [6.45, 7) is 3.78. The zero-order valence-corrected chi connectivity index (χ0v) is 37.1. The number of phosphoric acid groups is 1. The van der Waals surface area contributed by atoms with Crippen LogP contribution < -0.4 is 5.73 Å². The first-order valence-corrected chi connectivity index (χ1v) is 25.0. The molecule has 0 aromatic carbocycles. The van der Waals surface area contributed by atoms with Crippen LogP contribution in [0.1, 0.15) is 245 Å². The van der Waals surface area contributed by atoms with Crippen molar-refractivity contribution in [3.63, 3.8) is 0 Å². The van der Waals surface area contributed by atoms with E-state index in [-0.39, 0.29) is 38.6 Å². The summed E-state index contributed by atoms with van der Waals surface area (Å²) in [5, 5.41) is 0. The van der Waals surface area contributed by atoms with E-state index in [1.165, 1.54) is 180 Å². The van der Waals surface area contributed by atoms with Gasteiger partial charge in [-0.2, -0.15) is 0 Å². The van der Waals surface area contributed by atoms with Crippen molar-refractivity contribution < 1.29 is 37.6 Å². The van der Waals surface area contributed by atoms with E-state index in [2.05, 4.69) is 13.8 Å². The Hall–Kier alpha value is -0.990. The van der Waals surface area contributed by atoms with Crippen LogP contribution in [0.25, 0.3) is 0 Å². The predicted molar refractivity (Wildman–Crippen MR) is 229 cm³/mol. The summed E-state index contributed by atoms with van der Waals surface area (Å²) in [7, 11) is -4.37. The SMILES string of the molecule is CCCCCCCCCCCCCCCCCCCCCCCC(=O)OC[C@H](COP(=O)(O)OCCN)OC(=O)CCCCCCCCCCCCCCC. The van der Waals surface area contributed by atoms with E-state index >= 15 is 0 Å². The minimum absolute atomic E-state index is 0.0581. The van der Waals surface area contributed by atoms with E-state index in [9.17, 15) is 19.0 Å². The fourth-order valence-corrected chi connectivity index (χ4v) is 7.76. The molecule has 10 heteroatoms. The normalized spacial score (nSPS) is 13.2. The topological polar surface area (TPSA) is 134 Å². The van der Waals surface area contributed by atoms with Crippen molar-refractivity contribution in [3.05, 3.63) is 0 Å². The molecule has 0 bridgehead atoms. The van der Waals surface area contributed by atoms with Gasteiger partial charge in [0, 0.05) is 19.4 Å². The maximum Gasteiger partial charge on any atom is 0.472 e. The van der Waals surface area contributed by atoms with Crippen molar-refractivity contribution in [2.24, 2.45) is 5.73 Å². The monoisotopic (exact) mass is 804 g/mol. The average molecular weight is 804 g/mol. The second-order valence-corrected chi connectivity index (χ2v) is 17.4. The summed E-state index contributed by atoms with van der Waals surface area (Å²) in [6, 6.07) is 0. The quantitative estimate of drug-likeness (QED) is 0.0350. The molecule has 0 aromatic heterocycles. The molecule has 0 saturated heterocycles. The first kappa shape index (κ1) is 54.0. The van der Waals surface area contributed by atoms with Crippen LogP contribution in [0.2, 0.25) is 0 Å². The molecule has 3 N–H and O–H groups in total. The number of nitrogens with two attached hydrogens (primary N) is 1. The van der Waals surface area contributed by atoms with Crippen LogP contribution >= 0.6 is 7.82 Å². The maximum absolute atomic E-state index is 12.6. The van der Waals surface area contributed by atoms with E-state index in [1.807, 2.05) is 0 Å². The molecule has 0 heterocycles. The lowest BCUT2D eigenvalue weighted by molar-refractivity contribution is -0.161. The average Bonchev–Trinajstić information content (AvgIpc) is 3.17. The zero-order valence-electron chi connectivity index (χ0n) is 36.2. The molecule has 0 radical (unpaired) electrons. The predicted octanol–water partition coefficient (Wildman–Crippen LogP) is 13.6. The molecule has 0 amide bonds. The Morgan fingerprint density at radius 1 is 0.473 bits per heavy atom. The van der Waals surface area contributed by atoms with Crippen LogP contribution in [0.4, 0.5) is 0 Å². The molecule has 0 spiro atoms. The number of carbonyl (C=O) groups is 2. The molecule has 0 saturated carbocycles. The summed E-state index contributed by atoms with van der Waals surface area (Å²) in [6.07, 6.45) is 42.8. The van der Waals surface area contributed by atoms with Crippen molar-refractivity contribution in [1.29, 1.82) is 0 Å². The van der Waals surface area contributed by atoms with E-state index in [1.54, 1.807) is 0 Å². The van der Waals surface area contributed by atoms with Crippen molar-refractivity contribution in [1.82, 2.24) is 0 Å². The van der Waals surface area contributed by atoms with E-state index < -0.39 is 26.5 Å². The summed E-state index contributed by atoms with van der Waals surface area (Å²) in [5.41, 5.74) is 5.35. The number of unbranched alkanes of at least 4 members (excludes halogenated alkanes) is 32. The number of hydrogen-bond acceptors (Lipinski definition) is 8. The largest absolute Gasteiger partial charge is 0.472 e. The van der Waals surface area contributed by atoms with Crippen molar-refractivity contribution in [2.45, 2.75) is 251 Å². The number of ether oxygens (including phenoxy) is 2. The summed E-state index contributed by atoms with van der Waals surface area (Å²) >= 11 is 0. The van der Waals surface area contributed by atoms with Gasteiger partial charge in [-0.25, -0.2) is 4.57 Å². The van der Waals surface area contributed by atoms with E-state index in [0.29, 0.717) is 6.42 Å². The number of phosphoric ester groups is 1. The highest BCUT2D eigenvalue weighted by Crippen LogP contribution is 2.43. The third-order valence-corrected chi connectivity index (χ3v) is 11.5. The van der Waals surface area contributed by atoms with Gasteiger partial charge >= 0.3 is 19.8 Å². The van der Waals surface area contributed by atoms with Gasteiger partial charge in [-0.05, 0) is 12.8 Å². The number of esters is 2. The van der Waals surface area contributed by atoms with Crippen LogP contribution in [0.3, 0.4) is 0 Å². The Labute approximate surface area is 339 Å². The van der Waals surface area contributed by atoms with Gasteiger partial charge in [0.05, 0.1) is 13.2 Å². The van der Waals surface area contributed by atoms with Crippen LogP contribution in [0, 0.1) is 0 Å². The number of carbonyl (C=O) groups excluding carboxylic acids is 2. The molecule has 9 nitrogen and oxygen atoms in total. The molecule has 0 aliphatic rings. The summed E-state index contributed by atoms with van der Waals surface area (Å²) in [4.78, 5) is 34.9. The van der Waals surface area contributed by atoms with Gasteiger partial charge in [0.25, 0.3) is 0 Å². The fraction of sp³-hybridized carbons (Fsp3) is 0.956. The third kappa shape index (κ3) is 42.4. The Morgan fingerprint density at radius 3 is 1.11 bits per heavy atom. The highest BCUT2D eigenvalue weighted by atomic mass is 31.2. The van der Waals surface area contributed by atoms with Gasteiger partial charge in [0.2, 0.25) is 0 Å². The maximum atomic E-state index is 12.6. The lowest BCUT2D eigenvalue weighted by atomic mass is 10.0. The molecule has 2 atom stereocenters. The highest BCUT2D eigenvalue weighted by molar-refractivity contribution is 7.47. The second-order valence-electron chi connectivity index (χ2n) is 16.0. The third-order valence-electron chi connectivity index (χ3n) is 10.5. The second kappa shape index (κ2) is 42.6. The summed E-state index contributed by atoms with van der Waals surface area (Å²) in [5.74, 6) is -0.811. The Morgan fingerprint density at radius 2 is 0.782 bits per heavy atom. The number of rotatable bonds is 45. The van der Waals surface area contributed by atoms with Crippen molar-refractivity contribution >= 4 is 19.8 Å². The van der Waals surface area contributed by atoms with Gasteiger partial charge < -0.3 is 20.1 Å². The smallest absolute Gasteiger partial charge is 0.462 e. The Bertz CT molecular complexity index is 876. The van der Waals surface area contributed by atoms with Gasteiger partial charge in [0.1, 0.15) is 6.61 Å². The van der Waals surface area contributed by atoms with Gasteiger partial charge in [-0.1, -0.05) is 219 Å². The lowest BCUT2D eigenvalue weighted by Crippen LogP contribution is -2.29. The molecule has 0 rings (SSSR count). The van der Waals surface area contributed by atoms with Gasteiger partial charge in [-0.3, -0.25) is 18.6 Å². The van der Waals surface area contributed by atoms with Crippen LogP contribution in [-0.4, -0.2) is 49.3 Å². The Kier molecular flexibility index (Phi) is 41.8. The number of hydrogen-bond donors (Lipinski definition) is 2. The molecule has 0 aliphatic heterocycles. The van der Waals surface area contributed by atoms with Crippen molar-refractivity contribution in [3.8, 4) is 0 Å². The first-order chi connectivity index (χ1) is 26.8. The lowest BCUT2D eigenvalue weighted by Gasteiger charge is -2.19. The van der Waals surface area contributed by atoms with Crippen LogP contribution in [0.15, 0.2) is 0 Å². The Balaban J connectivity index is 4.00. The van der Waals surface area contributed by atoms with Gasteiger partial charge in [-0.15, -0.1) is 0 Å². The minimum Gasteiger partial charge on any atom is -0.462 e. The molecule has 0 fully saturated rings. The van der Waals surface area contributed by atoms with E-state index in [4.69, 9.17) is 24.3 Å². The molecule has 0 aromatic rings. The first-order valence-electron chi connectivity index (χ1n) is 23.5. The zero-order chi connectivity index (χ0) is 40.3. The van der Waals surface area contributed by atoms with Crippen LogP contribution in [0.5, 0.6) is 0 Å². The molecular weight excluding hydrogens is 713 g/mol. The standard InChI is InChI=1S/C45H90NO8P/c1-3-5-7-9-11-13-15-17-18-19-20-21-22-23-24-26-27-29-31-33-35-37-44(47)51-41-43(42-53-55(49,50)52-40-39-46)54-45(48)38-36-34-32-30-28-25-16-14-12-10-8-6-4-2/h43H,3-42,46H2,1-2H3,(H,49,50)/t43-/m1/s1. The van der Waals surface area contributed by atoms with Crippen molar-refractivity contribution in [2.75, 3.05) is 26.4 Å². The summed E-state index contributed by atoms with van der Waals surface area (Å²) < 4.78 is 32.8. The molecule has 0 aliphatic carbocycles. The fourth-order valence-electron chi connectivity index (χ4n) is 6.99. The molecule has 1 unspecified atom stereocenters. The molecule has 55 heavy (non-hydrogen) atoms. The van der Waals surface area contributed by atoms with Gasteiger partial charge in [0.15, 0.2) is 6.10 Å². The molecule has 328 valence electrons. The minimum atomic E-state index is -4.37. The highest BCUT2D eigenvalue weighted by Gasteiger charge is 2.26. The van der Waals surface area contributed by atoms with E-state index in [0.717, 1.165) is 32.1 Å². The molecular formula is C45H90NO8P. The van der Waals surface area contributed by atoms with Crippen LogP contribution in [-0.2, 0) is 32.7 Å².